The summed E-state index contributed by atoms with van der Waals surface area (Å²) in [5, 5.41) is 6.88. The summed E-state index contributed by atoms with van der Waals surface area (Å²) in [5.74, 6) is 0.121. The third-order valence-electron chi connectivity index (χ3n) is 4.55. The maximum absolute atomic E-state index is 12.8. The first kappa shape index (κ1) is 21.8. The highest BCUT2D eigenvalue weighted by molar-refractivity contribution is 7.99. The summed E-state index contributed by atoms with van der Waals surface area (Å²) < 4.78 is 32.5. The molecule has 1 aromatic carbocycles. The lowest BCUT2D eigenvalue weighted by molar-refractivity contribution is -0.0498. The number of hydrogen-bond acceptors (Lipinski definition) is 5. The van der Waals surface area contributed by atoms with Crippen LogP contribution >= 0.6 is 11.8 Å². The summed E-state index contributed by atoms with van der Waals surface area (Å²) in [4.78, 5) is 24.6. The number of carbonyl (C=O) groups excluding carboxylic acids is 1. The summed E-state index contributed by atoms with van der Waals surface area (Å²) in [5.41, 5.74) is 2.60. The number of aromatic nitrogens is 4. The number of thioether (sulfide) groups is 1. The van der Waals surface area contributed by atoms with Crippen molar-refractivity contribution < 1.29 is 18.3 Å². The second-order valence-corrected chi connectivity index (χ2v) is 7.61. The van der Waals surface area contributed by atoms with Crippen LogP contribution in [0.1, 0.15) is 35.1 Å². The fraction of sp³-hybridized carbons (Fsp3) is 0.350. The van der Waals surface area contributed by atoms with Gasteiger partial charge in [-0.25, -0.2) is 9.89 Å². The lowest BCUT2D eigenvalue weighted by atomic mass is 10.2. The van der Waals surface area contributed by atoms with Gasteiger partial charge in [0.1, 0.15) is 5.75 Å². The third kappa shape index (κ3) is 4.64. The van der Waals surface area contributed by atoms with Gasteiger partial charge in [0.15, 0.2) is 10.9 Å². The maximum Gasteiger partial charge on any atom is 0.387 e. The Morgan fingerprint density at radius 2 is 1.97 bits per heavy atom. The molecule has 0 saturated carbocycles. The van der Waals surface area contributed by atoms with E-state index in [1.54, 1.807) is 18.2 Å². The summed E-state index contributed by atoms with van der Waals surface area (Å²) in [7, 11) is 0. The molecule has 3 aromatic rings. The fourth-order valence-electron chi connectivity index (χ4n) is 3.26. The van der Waals surface area contributed by atoms with Crippen LogP contribution in [0.4, 0.5) is 8.78 Å². The van der Waals surface area contributed by atoms with E-state index in [0.29, 0.717) is 17.3 Å². The molecule has 0 radical (unpaired) electrons. The van der Waals surface area contributed by atoms with Crippen molar-refractivity contribution in [2.75, 3.05) is 5.75 Å². The number of nitrogens with zero attached hydrogens (tertiary/aromatic N) is 3. The molecule has 0 atom stereocenters. The van der Waals surface area contributed by atoms with Gasteiger partial charge in [-0.2, -0.15) is 8.78 Å². The highest BCUT2D eigenvalue weighted by atomic mass is 32.2. The quantitative estimate of drug-likeness (QED) is 0.406. The average Bonchev–Trinajstić information content (AvgIpc) is 3.20. The molecular formula is C20H22F2N4O3S. The molecule has 0 spiro atoms. The van der Waals surface area contributed by atoms with Crippen molar-refractivity contribution in [1.82, 2.24) is 19.3 Å². The summed E-state index contributed by atoms with van der Waals surface area (Å²) in [6, 6.07) is 8.04. The zero-order valence-corrected chi connectivity index (χ0v) is 17.6. The van der Waals surface area contributed by atoms with Crippen LogP contribution in [0.2, 0.25) is 0 Å². The maximum atomic E-state index is 12.8. The third-order valence-corrected chi connectivity index (χ3v) is 5.53. The van der Waals surface area contributed by atoms with Gasteiger partial charge in [-0.05, 0) is 50.6 Å². The van der Waals surface area contributed by atoms with Crippen LogP contribution in [0.25, 0.3) is 5.69 Å². The van der Waals surface area contributed by atoms with Crippen molar-refractivity contribution >= 4 is 17.5 Å². The fourth-order valence-corrected chi connectivity index (χ4v) is 4.12. The van der Waals surface area contributed by atoms with Crippen LogP contribution in [0.5, 0.6) is 5.75 Å². The Hall–Kier alpha value is -2.88. The van der Waals surface area contributed by atoms with E-state index < -0.39 is 6.61 Å². The Morgan fingerprint density at radius 1 is 1.27 bits per heavy atom. The Morgan fingerprint density at radius 3 is 2.60 bits per heavy atom. The molecule has 0 bridgehead atoms. The number of aromatic amines is 1. The summed E-state index contributed by atoms with van der Waals surface area (Å²) in [6.45, 7) is 3.31. The van der Waals surface area contributed by atoms with Gasteiger partial charge in [-0.3, -0.25) is 9.36 Å². The number of aryl methyl sites for hydroxylation is 1. The van der Waals surface area contributed by atoms with Gasteiger partial charge in [0.25, 0.3) is 0 Å². The molecule has 10 heteroatoms. The molecule has 0 unspecified atom stereocenters. The topological polar surface area (TPSA) is 81.9 Å². The second-order valence-electron chi connectivity index (χ2n) is 6.67. The number of rotatable bonds is 9. The monoisotopic (exact) mass is 436 g/mol. The molecule has 0 fully saturated rings. The molecular weight excluding hydrogens is 414 g/mol. The molecule has 1 N–H and O–H groups in total. The number of halogens is 2. The van der Waals surface area contributed by atoms with E-state index in [1.807, 2.05) is 25.3 Å². The first-order chi connectivity index (χ1) is 14.3. The largest absolute Gasteiger partial charge is 0.435 e. The molecule has 0 saturated heterocycles. The van der Waals surface area contributed by atoms with Crippen LogP contribution in [0, 0.1) is 13.8 Å². The lowest BCUT2D eigenvalue weighted by Gasteiger charge is -2.11. The smallest absolute Gasteiger partial charge is 0.387 e. The van der Waals surface area contributed by atoms with Crippen molar-refractivity contribution in [1.29, 1.82) is 0 Å². The number of H-pyrrole nitrogens is 1. The number of ketones is 1. The Balaban J connectivity index is 1.78. The average molecular weight is 436 g/mol. The molecule has 3 rings (SSSR count). The van der Waals surface area contributed by atoms with Crippen LogP contribution in [-0.2, 0) is 6.54 Å². The number of alkyl halides is 2. The van der Waals surface area contributed by atoms with Crippen molar-refractivity contribution in [3.63, 3.8) is 0 Å². The van der Waals surface area contributed by atoms with Gasteiger partial charge in [-0.1, -0.05) is 18.7 Å². The minimum Gasteiger partial charge on any atom is -0.435 e. The van der Waals surface area contributed by atoms with E-state index in [4.69, 9.17) is 0 Å². The summed E-state index contributed by atoms with van der Waals surface area (Å²) in [6.07, 6.45) is 0.781. The van der Waals surface area contributed by atoms with E-state index in [0.717, 1.165) is 23.5 Å². The van der Waals surface area contributed by atoms with Gasteiger partial charge in [0, 0.05) is 29.2 Å². The second kappa shape index (κ2) is 9.29. The van der Waals surface area contributed by atoms with Crippen LogP contribution in [0.15, 0.2) is 40.3 Å². The number of ether oxygens (including phenoxy) is 1. The zero-order chi connectivity index (χ0) is 21.8. The van der Waals surface area contributed by atoms with Gasteiger partial charge >= 0.3 is 12.3 Å². The van der Waals surface area contributed by atoms with E-state index in [2.05, 4.69) is 14.9 Å². The van der Waals surface area contributed by atoms with Crippen LogP contribution in [0.3, 0.4) is 0 Å². The van der Waals surface area contributed by atoms with E-state index in [-0.39, 0.29) is 23.0 Å². The lowest BCUT2D eigenvalue weighted by Crippen LogP contribution is -2.17. The van der Waals surface area contributed by atoms with Gasteiger partial charge in [0.05, 0.1) is 5.75 Å². The van der Waals surface area contributed by atoms with Crippen molar-refractivity contribution in [3.05, 3.63) is 57.8 Å². The van der Waals surface area contributed by atoms with Gasteiger partial charge < -0.3 is 9.30 Å². The first-order valence-electron chi connectivity index (χ1n) is 9.37. The Bertz CT molecular complexity index is 1090. The number of benzene rings is 1. The molecule has 2 heterocycles. The molecule has 30 heavy (non-hydrogen) atoms. The standard InChI is InChI=1S/C20H22F2N4O3S/c1-4-9-25-19(28)23-24-20(25)30-11-17(27)16-10-12(2)26(13(16)3)14-5-7-15(8-6-14)29-18(21)22/h5-8,10,18H,4,9,11H2,1-3H3,(H,23,28). The highest BCUT2D eigenvalue weighted by Crippen LogP contribution is 2.25. The Kier molecular flexibility index (Phi) is 6.76. The van der Waals surface area contributed by atoms with Crippen LogP contribution in [-0.4, -0.2) is 37.5 Å². The van der Waals surface area contributed by atoms with E-state index >= 15 is 0 Å². The molecule has 0 aliphatic carbocycles. The van der Waals surface area contributed by atoms with Crippen molar-refractivity contribution in [2.45, 2.75) is 45.5 Å². The van der Waals surface area contributed by atoms with Crippen molar-refractivity contribution in [3.8, 4) is 11.4 Å². The molecule has 0 aliphatic rings. The minimum absolute atomic E-state index is 0.0704. The molecule has 0 amide bonds. The Labute approximate surface area is 176 Å². The van der Waals surface area contributed by atoms with Crippen molar-refractivity contribution in [2.24, 2.45) is 0 Å². The SMILES string of the molecule is CCCn1c(SCC(=O)c2cc(C)n(-c3ccc(OC(F)F)cc3)c2C)n[nH]c1=O. The minimum atomic E-state index is -2.88. The van der Waals surface area contributed by atoms with Gasteiger partial charge in [-0.15, -0.1) is 5.10 Å². The highest BCUT2D eigenvalue weighted by Gasteiger charge is 2.18. The molecule has 7 nitrogen and oxygen atoms in total. The van der Waals surface area contributed by atoms with E-state index in [1.165, 1.54) is 28.5 Å². The molecule has 160 valence electrons. The number of carbonyl (C=O) groups is 1. The summed E-state index contributed by atoms with van der Waals surface area (Å²) >= 11 is 1.21. The number of Topliss-reactive ketones (excluding diaryl/α,β-unsaturated/α-hetero) is 1. The number of nitrogens with one attached hydrogen (secondary N) is 1. The first-order valence-corrected chi connectivity index (χ1v) is 10.4. The van der Waals surface area contributed by atoms with Gasteiger partial charge in [0.2, 0.25) is 0 Å². The normalized spacial score (nSPS) is 11.3. The predicted molar refractivity (Wildman–Crippen MR) is 110 cm³/mol. The molecule has 0 aliphatic heterocycles. The predicted octanol–water partition coefficient (Wildman–Crippen LogP) is 3.97. The molecule has 2 aromatic heterocycles. The van der Waals surface area contributed by atoms with Crippen LogP contribution < -0.4 is 10.4 Å². The zero-order valence-electron chi connectivity index (χ0n) is 16.8. The number of hydrogen-bond donors (Lipinski definition) is 1. The van der Waals surface area contributed by atoms with E-state index in [9.17, 15) is 18.4 Å².